The van der Waals surface area contributed by atoms with Gasteiger partial charge in [-0.05, 0) is 31.2 Å². The van der Waals surface area contributed by atoms with Crippen molar-refractivity contribution in [1.82, 2.24) is 4.98 Å². The Kier molecular flexibility index (Phi) is 4.70. The number of rotatable bonds is 5. The second kappa shape index (κ2) is 6.69. The van der Waals surface area contributed by atoms with E-state index in [0.717, 1.165) is 11.3 Å². The highest BCUT2D eigenvalue weighted by Gasteiger charge is 2.15. The van der Waals surface area contributed by atoms with Crippen molar-refractivity contribution in [2.75, 3.05) is 6.54 Å². The zero-order chi connectivity index (χ0) is 14.4. The summed E-state index contributed by atoms with van der Waals surface area (Å²) in [6, 6.07) is 15.5. The minimum absolute atomic E-state index is 0.192. The minimum Gasteiger partial charge on any atom is -0.468 e. The molecule has 1 aromatic heterocycles. The first kappa shape index (κ1) is 14.0. The van der Waals surface area contributed by atoms with E-state index < -0.39 is 0 Å². The Morgan fingerprint density at radius 3 is 2.65 bits per heavy atom. The molecule has 2 aromatic rings. The van der Waals surface area contributed by atoms with Crippen molar-refractivity contribution < 1.29 is 4.74 Å². The second-order valence-corrected chi connectivity index (χ2v) is 4.51. The van der Waals surface area contributed by atoms with E-state index in [-0.39, 0.29) is 6.10 Å². The Hall–Kier alpha value is -2.38. The van der Waals surface area contributed by atoms with Crippen molar-refractivity contribution >= 4 is 0 Å². The zero-order valence-electron chi connectivity index (χ0n) is 11.4. The zero-order valence-corrected chi connectivity index (χ0v) is 11.4. The average Bonchev–Trinajstić information content (AvgIpc) is 2.48. The molecule has 0 bridgehead atoms. The number of nitrogens with two attached hydrogens (primary N) is 1. The van der Waals surface area contributed by atoms with Crippen LogP contribution in [0.15, 0.2) is 42.5 Å². The second-order valence-electron chi connectivity index (χ2n) is 4.51. The third-order valence-corrected chi connectivity index (χ3v) is 2.97. The molecule has 0 saturated carbocycles. The number of pyridine rings is 1. The Morgan fingerprint density at radius 1 is 1.25 bits per heavy atom. The van der Waals surface area contributed by atoms with E-state index in [1.54, 1.807) is 12.1 Å². The van der Waals surface area contributed by atoms with E-state index in [1.165, 1.54) is 0 Å². The first-order chi connectivity index (χ1) is 9.74. The largest absolute Gasteiger partial charge is 0.468 e. The van der Waals surface area contributed by atoms with Crippen LogP contribution in [0.1, 0.15) is 29.3 Å². The summed E-state index contributed by atoms with van der Waals surface area (Å²) in [5.74, 6) is 0.370. The number of nitriles is 1. The predicted molar refractivity (Wildman–Crippen MR) is 77.2 cm³/mol. The van der Waals surface area contributed by atoms with Crippen LogP contribution < -0.4 is 10.5 Å². The first-order valence-electron chi connectivity index (χ1n) is 6.54. The molecule has 1 unspecified atom stereocenters. The van der Waals surface area contributed by atoms with Gasteiger partial charge in [0.05, 0.1) is 0 Å². The predicted octanol–water partition coefficient (Wildman–Crippen LogP) is 2.73. The van der Waals surface area contributed by atoms with Crippen LogP contribution in [0, 0.1) is 18.3 Å². The molecule has 2 rings (SSSR count). The number of hydrogen-bond donors (Lipinski definition) is 1. The van der Waals surface area contributed by atoms with E-state index in [4.69, 9.17) is 15.7 Å². The smallest absolute Gasteiger partial charge is 0.232 e. The molecule has 0 amide bonds. The van der Waals surface area contributed by atoms with Crippen molar-refractivity contribution in [3.8, 4) is 11.9 Å². The van der Waals surface area contributed by atoms with E-state index in [2.05, 4.69) is 11.1 Å². The van der Waals surface area contributed by atoms with Gasteiger partial charge in [0.1, 0.15) is 17.7 Å². The van der Waals surface area contributed by atoms with E-state index in [0.29, 0.717) is 24.4 Å². The van der Waals surface area contributed by atoms with Gasteiger partial charge in [0.25, 0.3) is 0 Å². The molecule has 0 aliphatic carbocycles. The monoisotopic (exact) mass is 267 g/mol. The van der Waals surface area contributed by atoms with Gasteiger partial charge in [0.15, 0.2) is 0 Å². The van der Waals surface area contributed by atoms with Crippen molar-refractivity contribution in [3.05, 3.63) is 59.3 Å². The lowest BCUT2D eigenvalue weighted by Crippen LogP contribution is -2.14. The summed E-state index contributed by atoms with van der Waals surface area (Å²) in [4.78, 5) is 4.31. The molecule has 0 saturated heterocycles. The maximum absolute atomic E-state index is 9.13. The van der Waals surface area contributed by atoms with Gasteiger partial charge in [-0.2, -0.15) is 5.26 Å². The molecule has 1 atom stereocenters. The minimum atomic E-state index is -0.192. The number of nitrogens with zero attached hydrogens (tertiary/aromatic N) is 2. The summed E-state index contributed by atoms with van der Waals surface area (Å²) < 4.78 is 5.93. The Labute approximate surface area is 118 Å². The van der Waals surface area contributed by atoms with Crippen LogP contribution in [0.4, 0.5) is 0 Å². The van der Waals surface area contributed by atoms with Gasteiger partial charge in [-0.3, -0.25) is 0 Å². The normalized spacial score (nSPS) is 11.7. The molecule has 4 nitrogen and oxygen atoms in total. The lowest BCUT2D eigenvalue weighted by atomic mass is 10.1. The SMILES string of the molecule is Cc1ccc(C#N)c(OC(CCN)c2ccccc2)n1. The molecular weight excluding hydrogens is 250 g/mol. The number of aromatic nitrogens is 1. The number of benzene rings is 1. The molecule has 0 aliphatic rings. The highest BCUT2D eigenvalue weighted by molar-refractivity contribution is 5.39. The number of aryl methyl sites for hydroxylation is 1. The summed E-state index contributed by atoms with van der Waals surface area (Å²) in [6.07, 6.45) is 0.479. The molecule has 4 heteroatoms. The fraction of sp³-hybridized carbons (Fsp3) is 0.250. The molecule has 2 N–H and O–H groups in total. The van der Waals surface area contributed by atoms with Crippen molar-refractivity contribution in [1.29, 1.82) is 5.26 Å². The Bertz CT molecular complexity index is 605. The van der Waals surface area contributed by atoms with Crippen molar-refractivity contribution in [3.63, 3.8) is 0 Å². The first-order valence-corrected chi connectivity index (χ1v) is 6.54. The van der Waals surface area contributed by atoms with Gasteiger partial charge in [0, 0.05) is 12.1 Å². The lowest BCUT2D eigenvalue weighted by Gasteiger charge is -2.19. The molecule has 102 valence electrons. The third kappa shape index (κ3) is 3.34. The molecule has 0 aliphatic heterocycles. The quantitative estimate of drug-likeness (QED) is 0.904. The van der Waals surface area contributed by atoms with Gasteiger partial charge in [0.2, 0.25) is 5.88 Å². The molecular formula is C16H17N3O. The van der Waals surface area contributed by atoms with E-state index in [9.17, 15) is 0 Å². The van der Waals surface area contributed by atoms with Crippen LogP contribution in [0.3, 0.4) is 0 Å². The molecule has 1 aromatic carbocycles. The Morgan fingerprint density at radius 2 is 2.00 bits per heavy atom. The highest BCUT2D eigenvalue weighted by atomic mass is 16.5. The molecule has 0 spiro atoms. The lowest BCUT2D eigenvalue weighted by molar-refractivity contribution is 0.188. The Balaban J connectivity index is 2.29. The van der Waals surface area contributed by atoms with Crippen molar-refractivity contribution in [2.24, 2.45) is 5.73 Å². The average molecular weight is 267 g/mol. The number of ether oxygens (including phenoxy) is 1. The topological polar surface area (TPSA) is 71.9 Å². The van der Waals surface area contributed by atoms with Gasteiger partial charge in [-0.1, -0.05) is 30.3 Å². The van der Waals surface area contributed by atoms with E-state index in [1.807, 2.05) is 37.3 Å². The van der Waals surface area contributed by atoms with Crippen molar-refractivity contribution in [2.45, 2.75) is 19.4 Å². The van der Waals surface area contributed by atoms with Crippen LogP contribution in [0.2, 0.25) is 0 Å². The maximum atomic E-state index is 9.13. The highest BCUT2D eigenvalue weighted by Crippen LogP contribution is 2.25. The van der Waals surface area contributed by atoms with Crippen LogP contribution in [-0.4, -0.2) is 11.5 Å². The molecule has 1 heterocycles. The van der Waals surface area contributed by atoms with Gasteiger partial charge in [-0.25, -0.2) is 4.98 Å². The standard InChI is InChI=1S/C16H17N3O/c1-12-7-8-14(11-18)16(19-12)20-15(9-10-17)13-5-3-2-4-6-13/h2-8,15H,9-10,17H2,1H3. The summed E-state index contributed by atoms with van der Waals surface area (Å²) >= 11 is 0. The van der Waals surface area contributed by atoms with E-state index >= 15 is 0 Å². The summed E-state index contributed by atoms with van der Waals surface area (Å²) in [7, 11) is 0. The van der Waals surface area contributed by atoms with Crippen LogP contribution >= 0.6 is 0 Å². The van der Waals surface area contributed by atoms with Crippen LogP contribution in [-0.2, 0) is 0 Å². The maximum Gasteiger partial charge on any atom is 0.232 e. The molecule has 0 fully saturated rings. The van der Waals surface area contributed by atoms with Gasteiger partial charge in [-0.15, -0.1) is 0 Å². The summed E-state index contributed by atoms with van der Waals surface area (Å²) in [5.41, 5.74) is 7.94. The van der Waals surface area contributed by atoms with Crippen LogP contribution in [0.25, 0.3) is 0 Å². The molecule has 0 radical (unpaired) electrons. The fourth-order valence-electron chi connectivity index (χ4n) is 1.96. The van der Waals surface area contributed by atoms with Gasteiger partial charge < -0.3 is 10.5 Å². The van der Waals surface area contributed by atoms with Gasteiger partial charge >= 0.3 is 0 Å². The fourth-order valence-corrected chi connectivity index (χ4v) is 1.96. The summed E-state index contributed by atoms with van der Waals surface area (Å²) in [5, 5.41) is 9.13. The third-order valence-electron chi connectivity index (χ3n) is 2.97. The summed E-state index contributed by atoms with van der Waals surface area (Å²) in [6.45, 7) is 2.38. The molecule has 20 heavy (non-hydrogen) atoms. The number of hydrogen-bond acceptors (Lipinski definition) is 4. The van der Waals surface area contributed by atoms with Crippen LogP contribution in [0.5, 0.6) is 5.88 Å².